The van der Waals surface area contributed by atoms with E-state index in [2.05, 4.69) is 0 Å². The van der Waals surface area contributed by atoms with Gasteiger partial charge in [-0.25, -0.2) is 0 Å². The van der Waals surface area contributed by atoms with E-state index in [9.17, 15) is 4.79 Å². The second-order valence-corrected chi connectivity index (χ2v) is 4.90. The standard InChI is InChI=1S/C18H20O2/c1-4-20-18-11-6-5-10-15(18)17(19)12-16-13(2)8-7-9-14(16)3/h5-11H,4,12H2,1-3H3. The fourth-order valence-electron chi connectivity index (χ4n) is 2.36. The van der Waals surface area contributed by atoms with Crippen molar-refractivity contribution >= 4 is 5.78 Å². The fourth-order valence-corrected chi connectivity index (χ4v) is 2.36. The van der Waals surface area contributed by atoms with E-state index in [4.69, 9.17) is 4.74 Å². The van der Waals surface area contributed by atoms with Crippen molar-refractivity contribution in [1.29, 1.82) is 0 Å². The molecule has 0 aliphatic rings. The third-order valence-electron chi connectivity index (χ3n) is 3.47. The van der Waals surface area contributed by atoms with Gasteiger partial charge in [0.1, 0.15) is 5.75 Å². The molecular formula is C18H20O2. The van der Waals surface area contributed by atoms with E-state index in [0.717, 1.165) is 16.7 Å². The van der Waals surface area contributed by atoms with E-state index in [1.807, 2.05) is 63.2 Å². The maximum absolute atomic E-state index is 12.5. The molecule has 2 nitrogen and oxygen atoms in total. The van der Waals surface area contributed by atoms with Crippen molar-refractivity contribution in [3.8, 4) is 5.75 Å². The summed E-state index contributed by atoms with van der Waals surface area (Å²) in [5.41, 5.74) is 4.10. The highest BCUT2D eigenvalue weighted by Gasteiger charge is 2.14. The van der Waals surface area contributed by atoms with E-state index < -0.39 is 0 Å². The zero-order valence-corrected chi connectivity index (χ0v) is 12.3. The van der Waals surface area contributed by atoms with Crippen LogP contribution in [0.2, 0.25) is 0 Å². The van der Waals surface area contributed by atoms with Gasteiger partial charge in [-0.05, 0) is 49.6 Å². The molecule has 0 fully saturated rings. The second-order valence-electron chi connectivity index (χ2n) is 4.90. The summed E-state index contributed by atoms with van der Waals surface area (Å²) in [5, 5.41) is 0. The van der Waals surface area contributed by atoms with Crippen molar-refractivity contribution in [3.63, 3.8) is 0 Å². The minimum Gasteiger partial charge on any atom is -0.493 e. The topological polar surface area (TPSA) is 26.3 Å². The van der Waals surface area contributed by atoms with Gasteiger partial charge in [0.05, 0.1) is 12.2 Å². The van der Waals surface area contributed by atoms with Crippen LogP contribution in [0.3, 0.4) is 0 Å². The summed E-state index contributed by atoms with van der Waals surface area (Å²) >= 11 is 0. The fraction of sp³-hybridized carbons (Fsp3) is 0.278. The molecular weight excluding hydrogens is 248 g/mol. The zero-order chi connectivity index (χ0) is 14.5. The molecule has 2 rings (SSSR count). The molecule has 0 N–H and O–H groups in total. The van der Waals surface area contributed by atoms with Gasteiger partial charge >= 0.3 is 0 Å². The molecule has 104 valence electrons. The lowest BCUT2D eigenvalue weighted by atomic mass is 9.95. The predicted molar refractivity (Wildman–Crippen MR) is 81.6 cm³/mol. The monoisotopic (exact) mass is 268 g/mol. The van der Waals surface area contributed by atoms with E-state index in [1.54, 1.807) is 0 Å². The van der Waals surface area contributed by atoms with Gasteiger partial charge in [0.25, 0.3) is 0 Å². The number of hydrogen-bond acceptors (Lipinski definition) is 2. The maximum atomic E-state index is 12.5. The summed E-state index contributed by atoms with van der Waals surface area (Å²) in [4.78, 5) is 12.5. The highest BCUT2D eigenvalue weighted by molar-refractivity contribution is 6.00. The first kappa shape index (κ1) is 14.3. The van der Waals surface area contributed by atoms with Crippen molar-refractivity contribution in [1.82, 2.24) is 0 Å². The molecule has 2 aromatic carbocycles. The Bertz CT molecular complexity index is 594. The Hall–Kier alpha value is -2.09. The van der Waals surface area contributed by atoms with Gasteiger partial charge in [-0.15, -0.1) is 0 Å². The molecule has 0 saturated carbocycles. The number of para-hydroxylation sites is 1. The van der Waals surface area contributed by atoms with Crippen LogP contribution >= 0.6 is 0 Å². The van der Waals surface area contributed by atoms with Crippen molar-refractivity contribution in [2.75, 3.05) is 6.61 Å². The number of Topliss-reactive ketones (excluding diaryl/α,β-unsaturated/α-hetero) is 1. The number of carbonyl (C=O) groups is 1. The van der Waals surface area contributed by atoms with Gasteiger partial charge in [-0.3, -0.25) is 4.79 Å². The molecule has 0 bridgehead atoms. The molecule has 2 heteroatoms. The van der Waals surface area contributed by atoms with Crippen LogP contribution in [-0.4, -0.2) is 12.4 Å². The van der Waals surface area contributed by atoms with Gasteiger partial charge in [0.2, 0.25) is 0 Å². The highest BCUT2D eigenvalue weighted by atomic mass is 16.5. The third-order valence-corrected chi connectivity index (χ3v) is 3.47. The Morgan fingerprint density at radius 3 is 2.30 bits per heavy atom. The molecule has 0 radical (unpaired) electrons. The van der Waals surface area contributed by atoms with Gasteiger partial charge < -0.3 is 4.74 Å². The summed E-state index contributed by atoms with van der Waals surface area (Å²) in [6, 6.07) is 13.6. The number of carbonyl (C=O) groups excluding carboxylic acids is 1. The average molecular weight is 268 g/mol. The van der Waals surface area contributed by atoms with Crippen LogP contribution in [0.15, 0.2) is 42.5 Å². The van der Waals surface area contributed by atoms with Gasteiger partial charge in [0, 0.05) is 6.42 Å². The third kappa shape index (κ3) is 3.08. The van der Waals surface area contributed by atoms with Crippen molar-refractivity contribution in [3.05, 3.63) is 64.7 Å². The summed E-state index contributed by atoms with van der Waals surface area (Å²) in [6.07, 6.45) is 0.419. The Morgan fingerprint density at radius 1 is 1.00 bits per heavy atom. The van der Waals surface area contributed by atoms with E-state index in [-0.39, 0.29) is 5.78 Å². The van der Waals surface area contributed by atoms with Crippen LogP contribution < -0.4 is 4.74 Å². The van der Waals surface area contributed by atoms with Crippen molar-refractivity contribution in [2.45, 2.75) is 27.2 Å². The molecule has 0 aliphatic carbocycles. The summed E-state index contributed by atoms with van der Waals surface area (Å²) in [6.45, 7) is 6.58. The predicted octanol–water partition coefficient (Wildman–Crippen LogP) is 4.13. The van der Waals surface area contributed by atoms with Crippen LogP contribution in [-0.2, 0) is 6.42 Å². The molecule has 0 saturated heterocycles. The van der Waals surface area contributed by atoms with E-state index in [1.165, 1.54) is 0 Å². The number of ether oxygens (including phenoxy) is 1. The largest absolute Gasteiger partial charge is 0.493 e. The SMILES string of the molecule is CCOc1ccccc1C(=O)Cc1c(C)cccc1C. The molecule has 0 heterocycles. The van der Waals surface area contributed by atoms with E-state index >= 15 is 0 Å². The molecule has 2 aromatic rings. The number of aryl methyl sites for hydroxylation is 2. The molecule has 20 heavy (non-hydrogen) atoms. The number of hydrogen-bond donors (Lipinski definition) is 0. The lowest BCUT2D eigenvalue weighted by Gasteiger charge is -2.12. The molecule has 0 unspecified atom stereocenters. The minimum absolute atomic E-state index is 0.103. The molecule has 0 aromatic heterocycles. The molecule has 0 spiro atoms. The number of benzene rings is 2. The average Bonchev–Trinajstić information content (AvgIpc) is 2.44. The Labute approximate surface area is 120 Å². The molecule has 0 aliphatic heterocycles. The van der Waals surface area contributed by atoms with Crippen LogP contribution in [0.25, 0.3) is 0 Å². The van der Waals surface area contributed by atoms with Gasteiger partial charge in [0.15, 0.2) is 5.78 Å². The summed E-state index contributed by atoms with van der Waals surface area (Å²) in [7, 11) is 0. The van der Waals surface area contributed by atoms with Crippen LogP contribution in [0.5, 0.6) is 5.75 Å². The Morgan fingerprint density at radius 2 is 1.65 bits per heavy atom. The molecule has 0 amide bonds. The Kier molecular flexibility index (Phi) is 4.57. The van der Waals surface area contributed by atoms with E-state index in [0.29, 0.717) is 24.3 Å². The van der Waals surface area contributed by atoms with Crippen LogP contribution in [0.1, 0.15) is 34.0 Å². The molecule has 0 atom stereocenters. The summed E-state index contributed by atoms with van der Waals surface area (Å²) < 4.78 is 5.54. The number of rotatable bonds is 5. The highest BCUT2D eigenvalue weighted by Crippen LogP contribution is 2.22. The first-order valence-electron chi connectivity index (χ1n) is 6.93. The maximum Gasteiger partial charge on any atom is 0.170 e. The quantitative estimate of drug-likeness (QED) is 0.762. The first-order valence-corrected chi connectivity index (χ1v) is 6.93. The number of ketones is 1. The summed E-state index contributed by atoms with van der Waals surface area (Å²) in [5.74, 6) is 0.776. The normalized spacial score (nSPS) is 10.3. The first-order chi connectivity index (χ1) is 9.63. The van der Waals surface area contributed by atoms with Crippen LogP contribution in [0, 0.1) is 13.8 Å². The lowest BCUT2D eigenvalue weighted by Crippen LogP contribution is -2.08. The second kappa shape index (κ2) is 6.38. The van der Waals surface area contributed by atoms with Gasteiger partial charge in [-0.1, -0.05) is 30.3 Å². The van der Waals surface area contributed by atoms with Crippen LogP contribution in [0.4, 0.5) is 0 Å². The van der Waals surface area contributed by atoms with Crippen molar-refractivity contribution < 1.29 is 9.53 Å². The minimum atomic E-state index is 0.103. The van der Waals surface area contributed by atoms with Gasteiger partial charge in [-0.2, -0.15) is 0 Å². The Balaban J connectivity index is 2.29. The smallest absolute Gasteiger partial charge is 0.170 e. The zero-order valence-electron chi connectivity index (χ0n) is 12.3. The lowest BCUT2D eigenvalue weighted by molar-refractivity contribution is 0.0989. The van der Waals surface area contributed by atoms with Crippen molar-refractivity contribution in [2.24, 2.45) is 0 Å².